The first-order valence-corrected chi connectivity index (χ1v) is 10.6. The Morgan fingerprint density at radius 3 is 2.88 bits per heavy atom. The predicted molar refractivity (Wildman–Crippen MR) is 116 cm³/mol. The lowest BCUT2D eigenvalue weighted by atomic mass is 9.83. The zero-order valence-corrected chi connectivity index (χ0v) is 18.0. The quantitative estimate of drug-likeness (QED) is 0.601. The number of fused-ring (bicyclic) bond motifs is 2. The van der Waals surface area contributed by atoms with Crippen LogP contribution in [0.15, 0.2) is 37.1 Å². The normalized spacial score (nSPS) is 19.7. The molecule has 0 bridgehead atoms. The van der Waals surface area contributed by atoms with E-state index in [2.05, 4.69) is 20.4 Å². The maximum atomic E-state index is 15.1. The summed E-state index contributed by atoms with van der Waals surface area (Å²) < 4.78 is 22.1. The van der Waals surface area contributed by atoms with Crippen LogP contribution < -0.4 is 11.1 Å². The van der Waals surface area contributed by atoms with Crippen LogP contribution in [0.3, 0.4) is 0 Å². The number of amides is 2. The lowest BCUT2D eigenvalue weighted by Gasteiger charge is -2.45. The number of nitrogen functional groups attached to an aromatic ring is 1. The van der Waals surface area contributed by atoms with E-state index >= 15 is 4.39 Å². The number of nitrogens with two attached hydrogens (primary N) is 1. The zero-order valence-electron chi connectivity index (χ0n) is 17.3. The molecular formula is C21H19ClFN7O3. The molecule has 1 atom stereocenters. The fraction of sp³-hybridized carbons (Fsp3) is 0.286. The maximum absolute atomic E-state index is 15.1. The third-order valence-corrected chi connectivity index (χ3v) is 6.17. The summed E-state index contributed by atoms with van der Waals surface area (Å²) >= 11 is 6.01. The molecule has 10 nitrogen and oxygen atoms in total. The summed E-state index contributed by atoms with van der Waals surface area (Å²) in [4.78, 5) is 35.0. The van der Waals surface area contributed by atoms with Gasteiger partial charge in [-0.15, -0.1) is 0 Å². The molecule has 3 N–H and O–H groups in total. The molecule has 12 heteroatoms. The van der Waals surface area contributed by atoms with Gasteiger partial charge in [0.15, 0.2) is 11.4 Å². The second-order valence-corrected chi connectivity index (χ2v) is 8.38. The minimum absolute atomic E-state index is 0.0410. The Balaban J connectivity index is 1.44. The monoisotopic (exact) mass is 471 g/mol. The van der Waals surface area contributed by atoms with Crippen LogP contribution in [0.2, 0.25) is 5.02 Å². The van der Waals surface area contributed by atoms with E-state index in [-0.39, 0.29) is 40.1 Å². The summed E-state index contributed by atoms with van der Waals surface area (Å²) in [6.07, 6.45) is 6.19. The highest BCUT2D eigenvalue weighted by Crippen LogP contribution is 2.45. The largest absolute Gasteiger partial charge is 0.436 e. The molecule has 0 radical (unpaired) electrons. The Labute approximate surface area is 192 Å². The van der Waals surface area contributed by atoms with Crippen molar-refractivity contribution in [1.29, 1.82) is 0 Å². The van der Waals surface area contributed by atoms with Crippen molar-refractivity contribution in [2.75, 3.05) is 24.1 Å². The number of hydrogen-bond donors (Lipinski definition) is 2. The van der Waals surface area contributed by atoms with Crippen LogP contribution in [-0.2, 0) is 16.9 Å². The van der Waals surface area contributed by atoms with Gasteiger partial charge in [-0.3, -0.25) is 10.1 Å². The van der Waals surface area contributed by atoms with Gasteiger partial charge in [0, 0.05) is 24.5 Å². The molecule has 2 aromatic heterocycles. The Kier molecular flexibility index (Phi) is 5.12. The van der Waals surface area contributed by atoms with E-state index < -0.39 is 17.5 Å². The van der Waals surface area contributed by atoms with Crippen LogP contribution in [0.5, 0.6) is 0 Å². The van der Waals surface area contributed by atoms with Crippen LogP contribution >= 0.6 is 11.6 Å². The van der Waals surface area contributed by atoms with E-state index in [1.54, 1.807) is 12.4 Å². The molecule has 170 valence electrons. The topological polar surface area (TPSA) is 128 Å². The number of aromatic nitrogens is 4. The van der Waals surface area contributed by atoms with E-state index in [0.717, 1.165) is 5.56 Å². The SMILES string of the molecule is Nc1c(C(=O)N2CCC[C@@]3(C2)OC(=O)Nc2ccc(Cl)c(F)c23)cnn1Cc1cncnc1. The van der Waals surface area contributed by atoms with E-state index in [4.69, 9.17) is 22.1 Å². The third-order valence-electron chi connectivity index (χ3n) is 5.87. The lowest BCUT2D eigenvalue weighted by Crippen LogP contribution is -2.53. The number of halogens is 2. The standard InChI is InChI=1S/C21H19ClFN7O3/c22-14-2-3-15-16(17(14)23)21(33-20(32)28-15)4-1-5-29(10-21)19(31)13-8-27-30(18(13)24)9-12-6-25-11-26-7-12/h2-3,6-8,11H,1,4-5,9-10,24H2,(H,28,32)/t21-/m0/s1. The molecule has 2 aliphatic rings. The number of likely N-dealkylation sites (tertiary alicyclic amines) is 1. The highest BCUT2D eigenvalue weighted by molar-refractivity contribution is 6.31. The van der Waals surface area contributed by atoms with Crippen LogP contribution in [0, 0.1) is 5.82 Å². The van der Waals surface area contributed by atoms with Gasteiger partial charge in [0.2, 0.25) is 0 Å². The van der Waals surface area contributed by atoms with Crippen molar-refractivity contribution in [3.05, 3.63) is 64.6 Å². The van der Waals surface area contributed by atoms with E-state index in [1.807, 2.05) is 0 Å². The number of anilines is 2. The third kappa shape index (κ3) is 3.63. The van der Waals surface area contributed by atoms with Gasteiger partial charge in [-0.2, -0.15) is 5.10 Å². The molecule has 1 saturated heterocycles. The number of carbonyl (C=O) groups excluding carboxylic acids is 2. The summed E-state index contributed by atoms with van der Waals surface area (Å²) in [6, 6.07) is 2.90. The molecule has 33 heavy (non-hydrogen) atoms. The molecule has 5 rings (SSSR count). The van der Waals surface area contributed by atoms with E-state index in [9.17, 15) is 9.59 Å². The molecule has 1 spiro atoms. The minimum Gasteiger partial charge on any atom is -0.436 e. The molecule has 4 heterocycles. The Morgan fingerprint density at radius 1 is 1.30 bits per heavy atom. The number of nitrogens with one attached hydrogen (secondary N) is 1. The van der Waals surface area contributed by atoms with Crippen molar-refractivity contribution >= 4 is 35.1 Å². The van der Waals surface area contributed by atoms with Crippen LogP contribution in [-0.4, -0.2) is 49.7 Å². The average Bonchev–Trinajstić information content (AvgIpc) is 3.16. The van der Waals surface area contributed by atoms with Gasteiger partial charge in [-0.25, -0.2) is 23.8 Å². The van der Waals surface area contributed by atoms with E-state index in [0.29, 0.717) is 25.9 Å². The molecule has 0 aliphatic carbocycles. The Bertz CT molecular complexity index is 1250. The van der Waals surface area contributed by atoms with Gasteiger partial charge in [-0.1, -0.05) is 11.6 Å². The summed E-state index contributed by atoms with van der Waals surface area (Å²) in [5.41, 5.74) is 6.25. The van der Waals surface area contributed by atoms with Crippen LogP contribution in [0.25, 0.3) is 0 Å². The number of ether oxygens (including phenoxy) is 1. The van der Waals surface area contributed by atoms with Crippen LogP contribution in [0.1, 0.15) is 34.3 Å². The summed E-state index contributed by atoms with van der Waals surface area (Å²) in [6.45, 7) is 0.644. The van der Waals surface area contributed by atoms with Gasteiger partial charge in [-0.05, 0) is 25.0 Å². The Morgan fingerprint density at radius 2 is 2.09 bits per heavy atom. The first-order chi connectivity index (χ1) is 15.9. The van der Waals surface area contributed by atoms with Gasteiger partial charge in [0.05, 0.1) is 35.6 Å². The first-order valence-electron chi connectivity index (χ1n) is 10.2. The van der Waals surface area contributed by atoms with Crippen molar-refractivity contribution in [3.8, 4) is 0 Å². The summed E-state index contributed by atoms with van der Waals surface area (Å²) in [5.74, 6) is -0.887. The second kappa shape index (κ2) is 8.00. The van der Waals surface area contributed by atoms with Crippen molar-refractivity contribution in [2.24, 2.45) is 0 Å². The summed E-state index contributed by atoms with van der Waals surface area (Å²) in [5, 5.41) is 6.63. The number of carbonyl (C=O) groups is 2. The number of piperidine rings is 1. The van der Waals surface area contributed by atoms with Gasteiger partial charge in [0.1, 0.15) is 17.7 Å². The molecule has 0 saturated carbocycles. The first kappa shape index (κ1) is 21.1. The molecular weight excluding hydrogens is 453 g/mol. The number of nitrogens with zero attached hydrogens (tertiary/aromatic N) is 5. The number of benzene rings is 1. The molecule has 1 fully saturated rings. The second-order valence-electron chi connectivity index (χ2n) is 7.97. The van der Waals surface area contributed by atoms with Gasteiger partial charge in [0.25, 0.3) is 5.91 Å². The highest BCUT2D eigenvalue weighted by Gasteiger charge is 2.48. The van der Waals surface area contributed by atoms with Crippen molar-refractivity contribution < 1.29 is 18.7 Å². The number of hydrogen-bond acceptors (Lipinski definition) is 7. The molecule has 3 aromatic rings. The lowest BCUT2D eigenvalue weighted by molar-refractivity contribution is -0.0418. The van der Waals surface area contributed by atoms with Gasteiger partial charge < -0.3 is 15.4 Å². The van der Waals surface area contributed by atoms with Crippen LogP contribution in [0.4, 0.5) is 20.7 Å². The zero-order chi connectivity index (χ0) is 23.2. The fourth-order valence-corrected chi connectivity index (χ4v) is 4.54. The molecule has 0 unspecified atom stereocenters. The van der Waals surface area contributed by atoms with E-state index in [1.165, 1.54) is 34.2 Å². The summed E-state index contributed by atoms with van der Waals surface area (Å²) in [7, 11) is 0. The predicted octanol–water partition coefficient (Wildman–Crippen LogP) is 2.79. The van der Waals surface area contributed by atoms with Gasteiger partial charge >= 0.3 is 6.09 Å². The minimum atomic E-state index is -1.35. The fourth-order valence-electron chi connectivity index (χ4n) is 4.39. The van der Waals surface area contributed by atoms with Crippen molar-refractivity contribution in [3.63, 3.8) is 0 Å². The van der Waals surface area contributed by atoms with Crippen molar-refractivity contribution in [1.82, 2.24) is 24.6 Å². The molecule has 2 amide bonds. The smallest absolute Gasteiger partial charge is 0.412 e. The molecule has 2 aliphatic heterocycles. The maximum Gasteiger partial charge on any atom is 0.412 e. The Hall–Kier alpha value is -3.73. The number of rotatable bonds is 3. The average molecular weight is 472 g/mol. The van der Waals surface area contributed by atoms with Crippen molar-refractivity contribution in [2.45, 2.75) is 25.0 Å². The molecule has 1 aromatic carbocycles. The highest BCUT2D eigenvalue weighted by atomic mass is 35.5.